The minimum atomic E-state index is -0.288. The quantitative estimate of drug-likeness (QED) is 0.504. The van der Waals surface area contributed by atoms with E-state index in [0.29, 0.717) is 11.6 Å². The van der Waals surface area contributed by atoms with Crippen LogP contribution < -0.4 is 0 Å². The highest BCUT2D eigenvalue weighted by molar-refractivity contribution is 7.10. The Balaban J connectivity index is 2.37. The first-order valence-corrected chi connectivity index (χ1v) is 4.39. The number of hydrogen-bond acceptors (Lipinski definition) is 3. The second-order valence-electron chi connectivity index (χ2n) is 2.70. The number of nitro groups is 1. The Hall–Kier alpha value is -0.900. The monoisotopic (exact) mass is 169 g/mol. The van der Waals surface area contributed by atoms with Gasteiger partial charge < -0.3 is 0 Å². The maximum atomic E-state index is 10.4. The summed E-state index contributed by atoms with van der Waals surface area (Å²) >= 11 is 1.51. The maximum Gasteiger partial charge on any atom is 0.283 e. The molecule has 58 valence electrons. The predicted octanol–water partition coefficient (Wildman–Crippen LogP) is 2.53. The van der Waals surface area contributed by atoms with E-state index < -0.39 is 0 Å². The van der Waals surface area contributed by atoms with Gasteiger partial charge in [-0.2, -0.15) is 0 Å². The molecule has 0 unspecified atom stereocenters. The fourth-order valence-corrected chi connectivity index (χ4v) is 2.15. The molecule has 1 aromatic rings. The van der Waals surface area contributed by atoms with Crippen LogP contribution >= 0.6 is 11.3 Å². The van der Waals surface area contributed by atoms with Gasteiger partial charge in [0, 0.05) is 12.0 Å². The van der Waals surface area contributed by atoms with Crippen LogP contribution in [-0.4, -0.2) is 4.92 Å². The molecule has 3 nitrogen and oxygen atoms in total. The molecule has 0 aliphatic heterocycles. The van der Waals surface area contributed by atoms with Gasteiger partial charge in [-0.25, -0.2) is 0 Å². The summed E-state index contributed by atoms with van der Waals surface area (Å²) in [5, 5.41) is 12.2. The smallest absolute Gasteiger partial charge is 0.258 e. The Morgan fingerprint density at radius 1 is 1.64 bits per heavy atom. The lowest BCUT2D eigenvalue weighted by atomic mass is 10.3. The highest BCUT2D eigenvalue weighted by Crippen LogP contribution is 2.46. The number of thiophene rings is 1. The first-order valence-electron chi connectivity index (χ1n) is 3.51. The van der Waals surface area contributed by atoms with Gasteiger partial charge in [0.25, 0.3) is 5.69 Å². The van der Waals surface area contributed by atoms with E-state index in [1.807, 2.05) is 0 Å². The van der Waals surface area contributed by atoms with Crippen LogP contribution in [0.25, 0.3) is 0 Å². The molecule has 0 bridgehead atoms. The van der Waals surface area contributed by atoms with Crippen molar-refractivity contribution in [2.75, 3.05) is 0 Å². The predicted molar refractivity (Wildman–Crippen MR) is 42.9 cm³/mol. The molecule has 1 aliphatic carbocycles. The van der Waals surface area contributed by atoms with E-state index in [1.54, 1.807) is 11.4 Å². The molecule has 0 N–H and O–H groups in total. The van der Waals surface area contributed by atoms with Gasteiger partial charge in [0.1, 0.15) is 0 Å². The summed E-state index contributed by atoms with van der Waals surface area (Å²) in [7, 11) is 0. The van der Waals surface area contributed by atoms with Crippen molar-refractivity contribution in [1.82, 2.24) is 0 Å². The SMILES string of the molecule is O=[N+]([O-])c1ccsc1C1CC1. The zero-order valence-electron chi connectivity index (χ0n) is 5.82. The number of rotatable bonds is 2. The topological polar surface area (TPSA) is 43.1 Å². The molecule has 2 rings (SSSR count). The van der Waals surface area contributed by atoms with Crippen molar-refractivity contribution in [1.29, 1.82) is 0 Å². The van der Waals surface area contributed by atoms with Gasteiger partial charge in [0.05, 0.1) is 9.80 Å². The van der Waals surface area contributed by atoms with Crippen molar-refractivity contribution in [3.8, 4) is 0 Å². The van der Waals surface area contributed by atoms with Gasteiger partial charge >= 0.3 is 0 Å². The second-order valence-corrected chi connectivity index (χ2v) is 3.65. The first kappa shape index (κ1) is 6.79. The van der Waals surface area contributed by atoms with E-state index in [9.17, 15) is 10.1 Å². The molecule has 0 aromatic carbocycles. The van der Waals surface area contributed by atoms with Crippen LogP contribution in [0.1, 0.15) is 23.6 Å². The lowest BCUT2D eigenvalue weighted by molar-refractivity contribution is -0.385. The summed E-state index contributed by atoms with van der Waals surface area (Å²) in [4.78, 5) is 11.1. The Bertz CT molecular complexity index is 290. The molecule has 4 heteroatoms. The van der Waals surface area contributed by atoms with Crippen molar-refractivity contribution in [2.24, 2.45) is 0 Å². The van der Waals surface area contributed by atoms with Crippen molar-refractivity contribution >= 4 is 17.0 Å². The maximum absolute atomic E-state index is 10.4. The largest absolute Gasteiger partial charge is 0.283 e. The zero-order valence-corrected chi connectivity index (χ0v) is 6.63. The van der Waals surface area contributed by atoms with Gasteiger partial charge in [-0.3, -0.25) is 10.1 Å². The number of hydrogen-bond donors (Lipinski definition) is 0. The Morgan fingerprint density at radius 3 is 2.91 bits per heavy atom. The molecule has 0 radical (unpaired) electrons. The summed E-state index contributed by atoms with van der Waals surface area (Å²) in [5.74, 6) is 0.496. The molecule has 1 aliphatic rings. The second kappa shape index (κ2) is 2.30. The van der Waals surface area contributed by atoms with Crippen LogP contribution in [0, 0.1) is 10.1 Å². The average molecular weight is 169 g/mol. The van der Waals surface area contributed by atoms with Crippen LogP contribution in [0.15, 0.2) is 11.4 Å². The summed E-state index contributed by atoms with van der Waals surface area (Å²) in [6.07, 6.45) is 2.25. The van der Waals surface area contributed by atoms with E-state index >= 15 is 0 Å². The molecule has 0 spiro atoms. The van der Waals surface area contributed by atoms with Crippen molar-refractivity contribution in [2.45, 2.75) is 18.8 Å². The van der Waals surface area contributed by atoms with Crippen LogP contribution in [0.3, 0.4) is 0 Å². The Labute approximate surface area is 67.8 Å². The van der Waals surface area contributed by atoms with Crippen LogP contribution in [0.4, 0.5) is 5.69 Å². The minimum Gasteiger partial charge on any atom is -0.258 e. The molecule has 1 fully saturated rings. The Morgan fingerprint density at radius 2 is 2.36 bits per heavy atom. The third-order valence-corrected chi connectivity index (χ3v) is 2.89. The molecular formula is C7H7NO2S. The highest BCUT2D eigenvalue weighted by atomic mass is 32.1. The van der Waals surface area contributed by atoms with Crippen molar-refractivity contribution in [3.05, 3.63) is 26.4 Å². The summed E-state index contributed by atoms with van der Waals surface area (Å²) < 4.78 is 0. The lowest BCUT2D eigenvalue weighted by Gasteiger charge is -1.90. The molecule has 1 heterocycles. The van der Waals surface area contributed by atoms with E-state index in [0.717, 1.165) is 17.7 Å². The molecular weight excluding hydrogens is 162 g/mol. The van der Waals surface area contributed by atoms with Crippen molar-refractivity contribution < 1.29 is 4.92 Å². The van der Waals surface area contributed by atoms with Gasteiger partial charge in [0.2, 0.25) is 0 Å². The normalized spacial score (nSPS) is 16.7. The molecule has 0 amide bonds. The molecule has 0 atom stereocenters. The van der Waals surface area contributed by atoms with E-state index in [-0.39, 0.29) is 4.92 Å². The third-order valence-electron chi connectivity index (χ3n) is 1.82. The lowest BCUT2D eigenvalue weighted by Crippen LogP contribution is -1.87. The third kappa shape index (κ3) is 1.14. The summed E-state index contributed by atoms with van der Waals surface area (Å²) in [6.45, 7) is 0. The minimum absolute atomic E-state index is 0.288. The van der Waals surface area contributed by atoms with Gasteiger partial charge in [-0.1, -0.05) is 0 Å². The molecule has 1 saturated carbocycles. The summed E-state index contributed by atoms with van der Waals surface area (Å²) in [6, 6.07) is 1.60. The molecule has 0 saturated heterocycles. The van der Waals surface area contributed by atoms with Crippen LogP contribution in [-0.2, 0) is 0 Å². The fourth-order valence-electron chi connectivity index (χ4n) is 1.12. The summed E-state index contributed by atoms with van der Waals surface area (Å²) in [5.41, 5.74) is 0.317. The van der Waals surface area contributed by atoms with E-state index in [4.69, 9.17) is 0 Å². The van der Waals surface area contributed by atoms with Gasteiger partial charge in [-0.05, 0) is 18.2 Å². The van der Waals surface area contributed by atoms with Crippen LogP contribution in [0.5, 0.6) is 0 Å². The van der Waals surface area contributed by atoms with E-state index in [2.05, 4.69) is 0 Å². The zero-order chi connectivity index (χ0) is 7.84. The first-order chi connectivity index (χ1) is 5.29. The Kier molecular flexibility index (Phi) is 1.42. The van der Waals surface area contributed by atoms with Gasteiger partial charge in [-0.15, -0.1) is 11.3 Å². The molecule has 1 aromatic heterocycles. The highest BCUT2D eigenvalue weighted by Gasteiger charge is 2.31. The standard InChI is InChI=1S/C7H7NO2S/c9-8(10)6-3-4-11-7(6)5-1-2-5/h3-5H,1-2H2. The number of nitrogens with zero attached hydrogens (tertiary/aromatic N) is 1. The average Bonchev–Trinajstić information content (AvgIpc) is 2.68. The molecule has 11 heavy (non-hydrogen) atoms. The van der Waals surface area contributed by atoms with Crippen molar-refractivity contribution in [3.63, 3.8) is 0 Å². The van der Waals surface area contributed by atoms with Gasteiger partial charge in [0.15, 0.2) is 0 Å². The van der Waals surface area contributed by atoms with E-state index in [1.165, 1.54) is 11.3 Å². The van der Waals surface area contributed by atoms with Crippen LogP contribution in [0.2, 0.25) is 0 Å². The fraction of sp³-hybridized carbons (Fsp3) is 0.429.